The minimum atomic E-state index is -0.406. The minimum Gasteiger partial charge on any atom is -0.408 e. The average molecular weight is 380 g/mol. The van der Waals surface area contributed by atoms with Gasteiger partial charge in [-0.15, -0.1) is 11.3 Å². The summed E-state index contributed by atoms with van der Waals surface area (Å²) in [6, 6.07) is 12.8. The Bertz CT molecular complexity index is 1130. The van der Waals surface area contributed by atoms with E-state index < -0.39 is 5.76 Å². The van der Waals surface area contributed by atoms with Gasteiger partial charge in [-0.3, -0.25) is 14.3 Å². The van der Waals surface area contributed by atoms with Crippen LogP contribution < -0.4 is 11.1 Å². The smallest absolute Gasteiger partial charge is 0.408 e. The maximum Gasteiger partial charge on any atom is 0.419 e. The molecule has 7 nitrogen and oxygen atoms in total. The molecule has 4 rings (SSSR count). The van der Waals surface area contributed by atoms with Gasteiger partial charge >= 0.3 is 5.76 Å². The molecule has 8 heteroatoms. The summed E-state index contributed by atoms with van der Waals surface area (Å²) in [6.45, 7) is 0.417. The second-order valence-electron chi connectivity index (χ2n) is 5.89. The molecule has 0 aliphatic heterocycles. The Morgan fingerprint density at radius 2 is 2.00 bits per heavy atom. The fourth-order valence-corrected chi connectivity index (χ4v) is 3.49. The third kappa shape index (κ3) is 3.80. The molecule has 136 valence electrons. The van der Waals surface area contributed by atoms with Crippen LogP contribution in [0, 0.1) is 0 Å². The van der Waals surface area contributed by atoms with Gasteiger partial charge < -0.3 is 9.73 Å². The van der Waals surface area contributed by atoms with E-state index in [1.807, 2.05) is 41.8 Å². The van der Waals surface area contributed by atoms with Crippen molar-refractivity contribution in [2.75, 3.05) is 5.32 Å². The van der Waals surface area contributed by atoms with Gasteiger partial charge in [0.05, 0.1) is 11.2 Å². The van der Waals surface area contributed by atoms with Crippen LogP contribution in [0.25, 0.3) is 22.5 Å². The van der Waals surface area contributed by atoms with Crippen LogP contribution in [0.15, 0.2) is 63.3 Å². The number of amides is 1. The molecule has 0 saturated heterocycles. The van der Waals surface area contributed by atoms with Crippen LogP contribution >= 0.6 is 11.3 Å². The van der Waals surface area contributed by atoms with E-state index >= 15 is 0 Å². The Morgan fingerprint density at radius 1 is 1.15 bits per heavy atom. The molecule has 0 radical (unpaired) electrons. The quantitative estimate of drug-likeness (QED) is 0.553. The highest BCUT2D eigenvalue weighted by atomic mass is 32.1. The monoisotopic (exact) mass is 380 g/mol. The molecular weight excluding hydrogens is 364 g/mol. The minimum absolute atomic E-state index is 0.141. The van der Waals surface area contributed by atoms with Crippen molar-refractivity contribution in [3.8, 4) is 11.4 Å². The molecular formula is C19H16N4O3S. The van der Waals surface area contributed by atoms with Crippen LogP contribution in [0.3, 0.4) is 0 Å². The van der Waals surface area contributed by atoms with Crippen LogP contribution in [0.4, 0.5) is 5.13 Å². The second kappa shape index (κ2) is 7.55. The highest BCUT2D eigenvalue weighted by molar-refractivity contribution is 7.14. The zero-order chi connectivity index (χ0) is 18.6. The molecule has 0 bridgehead atoms. The average Bonchev–Trinajstić information content (AvgIpc) is 3.27. The number of carbonyl (C=O) groups excluding carboxylic acids is 1. The Kier molecular flexibility index (Phi) is 4.80. The number of oxazole rings is 1. The number of pyridine rings is 1. The van der Waals surface area contributed by atoms with Gasteiger partial charge in [0.2, 0.25) is 5.91 Å². The molecule has 0 aliphatic carbocycles. The number of fused-ring (bicyclic) bond motifs is 1. The van der Waals surface area contributed by atoms with Crippen LogP contribution in [-0.2, 0) is 11.3 Å². The lowest BCUT2D eigenvalue weighted by atomic mass is 10.3. The maximum absolute atomic E-state index is 12.2. The maximum atomic E-state index is 12.2. The molecule has 1 amide bonds. The van der Waals surface area contributed by atoms with Crippen molar-refractivity contribution in [2.24, 2.45) is 0 Å². The van der Waals surface area contributed by atoms with Crippen molar-refractivity contribution in [2.45, 2.75) is 19.4 Å². The number of nitrogens with zero attached hydrogens (tertiary/aromatic N) is 3. The van der Waals surface area contributed by atoms with Crippen molar-refractivity contribution >= 4 is 33.5 Å². The third-order valence-electron chi connectivity index (χ3n) is 4.04. The summed E-state index contributed by atoms with van der Waals surface area (Å²) < 4.78 is 6.74. The summed E-state index contributed by atoms with van der Waals surface area (Å²) >= 11 is 1.35. The number of aryl methyl sites for hydroxylation is 1. The number of rotatable bonds is 6. The molecule has 4 aromatic rings. The van der Waals surface area contributed by atoms with Crippen molar-refractivity contribution in [1.29, 1.82) is 0 Å². The van der Waals surface area contributed by atoms with Crippen molar-refractivity contribution < 1.29 is 9.21 Å². The molecule has 0 atom stereocenters. The summed E-state index contributed by atoms with van der Waals surface area (Å²) in [6.07, 6.45) is 2.51. The van der Waals surface area contributed by atoms with E-state index in [0.29, 0.717) is 23.7 Å². The zero-order valence-electron chi connectivity index (χ0n) is 14.3. The van der Waals surface area contributed by atoms with Gasteiger partial charge in [0.15, 0.2) is 10.7 Å². The molecule has 27 heavy (non-hydrogen) atoms. The Morgan fingerprint density at radius 3 is 2.85 bits per heavy atom. The molecule has 0 aliphatic rings. The van der Waals surface area contributed by atoms with E-state index in [-0.39, 0.29) is 12.3 Å². The summed E-state index contributed by atoms with van der Waals surface area (Å²) in [5, 5.41) is 5.18. The second-order valence-corrected chi connectivity index (χ2v) is 6.75. The van der Waals surface area contributed by atoms with Gasteiger partial charge in [0.25, 0.3) is 0 Å². The van der Waals surface area contributed by atoms with E-state index in [9.17, 15) is 9.59 Å². The number of anilines is 1. The molecule has 0 saturated carbocycles. The number of nitrogens with one attached hydrogen (secondary N) is 1. The Hall–Kier alpha value is -3.26. The van der Waals surface area contributed by atoms with Gasteiger partial charge in [-0.25, -0.2) is 9.78 Å². The summed E-state index contributed by atoms with van der Waals surface area (Å²) in [5.41, 5.74) is 2.78. The summed E-state index contributed by atoms with van der Waals surface area (Å²) in [4.78, 5) is 32.7. The van der Waals surface area contributed by atoms with Crippen molar-refractivity contribution in [3.63, 3.8) is 0 Å². The van der Waals surface area contributed by atoms with E-state index in [1.54, 1.807) is 16.8 Å². The predicted octanol–water partition coefficient (Wildman–Crippen LogP) is 3.53. The van der Waals surface area contributed by atoms with Gasteiger partial charge in [-0.1, -0.05) is 18.2 Å². The molecule has 3 heterocycles. The number of aromatic nitrogens is 3. The molecule has 0 spiro atoms. The normalized spacial score (nSPS) is 11.0. The van der Waals surface area contributed by atoms with Crippen LogP contribution in [0.2, 0.25) is 0 Å². The number of para-hydroxylation sites is 2. The van der Waals surface area contributed by atoms with Gasteiger partial charge in [0.1, 0.15) is 5.69 Å². The fraction of sp³-hybridized carbons (Fsp3) is 0.158. The topological polar surface area (TPSA) is 90.0 Å². The zero-order valence-corrected chi connectivity index (χ0v) is 15.1. The van der Waals surface area contributed by atoms with E-state index in [1.165, 1.54) is 11.3 Å². The number of hydrogen-bond acceptors (Lipinski definition) is 6. The lowest BCUT2D eigenvalue weighted by Crippen LogP contribution is -2.17. The molecule has 0 unspecified atom stereocenters. The third-order valence-corrected chi connectivity index (χ3v) is 4.79. The van der Waals surface area contributed by atoms with Crippen LogP contribution in [0.1, 0.15) is 12.8 Å². The highest BCUT2D eigenvalue weighted by Gasteiger charge is 2.11. The predicted molar refractivity (Wildman–Crippen MR) is 104 cm³/mol. The SMILES string of the molecule is O=C(CCCn1c(=O)oc2ccccc21)Nc1nc(-c2ccccn2)cs1. The van der Waals surface area contributed by atoms with Gasteiger partial charge in [0, 0.05) is 24.5 Å². The first-order valence-corrected chi connectivity index (χ1v) is 9.34. The summed E-state index contributed by atoms with van der Waals surface area (Å²) in [7, 11) is 0. The number of carbonyl (C=O) groups is 1. The first-order chi connectivity index (χ1) is 13.2. The van der Waals surface area contributed by atoms with Crippen molar-refractivity contribution in [1.82, 2.24) is 14.5 Å². The first-order valence-electron chi connectivity index (χ1n) is 8.46. The van der Waals surface area contributed by atoms with Crippen molar-refractivity contribution in [3.05, 3.63) is 64.6 Å². The highest BCUT2D eigenvalue weighted by Crippen LogP contribution is 2.23. The van der Waals surface area contributed by atoms with Crippen LogP contribution in [-0.4, -0.2) is 20.4 Å². The van der Waals surface area contributed by atoms with Gasteiger partial charge in [-0.2, -0.15) is 0 Å². The lowest BCUT2D eigenvalue weighted by molar-refractivity contribution is -0.116. The fourth-order valence-electron chi connectivity index (χ4n) is 2.77. The standard InChI is InChI=1S/C19H16N4O3S/c24-17(22-18-21-14(12-27-18)13-6-3-4-10-20-13)9-5-11-23-15-7-1-2-8-16(15)26-19(23)25/h1-4,6-8,10,12H,5,9,11H2,(H,21,22,24). The number of benzene rings is 1. The number of thiazole rings is 1. The van der Waals surface area contributed by atoms with Crippen LogP contribution in [0.5, 0.6) is 0 Å². The number of hydrogen-bond donors (Lipinski definition) is 1. The lowest BCUT2D eigenvalue weighted by Gasteiger charge is -2.03. The van der Waals surface area contributed by atoms with E-state index in [0.717, 1.165) is 16.9 Å². The largest absolute Gasteiger partial charge is 0.419 e. The summed E-state index contributed by atoms with van der Waals surface area (Å²) in [5.74, 6) is -0.547. The van der Waals surface area contributed by atoms with Gasteiger partial charge in [-0.05, 0) is 30.7 Å². The van der Waals surface area contributed by atoms with E-state index in [2.05, 4.69) is 15.3 Å². The Labute approximate surface area is 158 Å². The molecule has 1 N–H and O–H groups in total. The molecule has 1 aromatic carbocycles. The van der Waals surface area contributed by atoms with E-state index in [4.69, 9.17) is 4.42 Å². The first kappa shape index (κ1) is 17.2. The Balaban J connectivity index is 1.34. The molecule has 3 aromatic heterocycles. The molecule has 0 fully saturated rings.